The lowest BCUT2D eigenvalue weighted by Gasteiger charge is -2.25. The summed E-state index contributed by atoms with van der Waals surface area (Å²) in [6.07, 6.45) is 7.01. The van der Waals surface area contributed by atoms with Crippen LogP contribution in [-0.4, -0.2) is 33.2 Å². The highest BCUT2D eigenvalue weighted by atomic mass is 16.5. The van der Waals surface area contributed by atoms with Crippen LogP contribution in [0.5, 0.6) is 5.88 Å². The van der Waals surface area contributed by atoms with Crippen molar-refractivity contribution in [2.45, 2.75) is 44.6 Å². The normalized spacial score (nSPS) is 17.1. The standard InChI is InChI=1S/C13H19N3O3/c1-2-7-19-11-9-14-8-10(15-11)16-13(12(17)18)5-3-4-6-13/h8-9H,2-7H2,1H3,(H,15,16)(H,17,18). The molecule has 0 aliphatic heterocycles. The van der Waals surface area contributed by atoms with Crippen molar-refractivity contribution in [2.24, 2.45) is 0 Å². The zero-order valence-corrected chi connectivity index (χ0v) is 11.1. The first-order valence-electron chi connectivity index (χ1n) is 6.63. The number of aromatic nitrogens is 2. The van der Waals surface area contributed by atoms with Crippen LogP contribution in [0, 0.1) is 0 Å². The second-order valence-corrected chi connectivity index (χ2v) is 4.81. The van der Waals surface area contributed by atoms with Crippen LogP contribution in [0.15, 0.2) is 12.4 Å². The third kappa shape index (κ3) is 3.13. The van der Waals surface area contributed by atoms with Crippen LogP contribution in [0.4, 0.5) is 5.82 Å². The van der Waals surface area contributed by atoms with Gasteiger partial charge in [-0.15, -0.1) is 0 Å². The molecule has 1 aromatic heterocycles. The minimum absolute atomic E-state index is 0.422. The number of aliphatic carboxylic acids is 1. The van der Waals surface area contributed by atoms with Crippen molar-refractivity contribution in [1.82, 2.24) is 9.97 Å². The summed E-state index contributed by atoms with van der Waals surface area (Å²) >= 11 is 0. The van der Waals surface area contributed by atoms with Crippen LogP contribution in [0.2, 0.25) is 0 Å². The number of nitrogens with zero attached hydrogens (tertiary/aromatic N) is 2. The number of hydrogen-bond donors (Lipinski definition) is 2. The highest BCUT2D eigenvalue weighted by Gasteiger charge is 2.41. The van der Waals surface area contributed by atoms with Gasteiger partial charge in [0.05, 0.1) is 19.0 Å². The van der Waals surface area contributed by atoms with E-state index in [0.717, 1.165) is 19.3 Å². The van der Waals surface area contributed by atoms with Crippen LogP contribution in [0.1, 0.15) is 39.0 Å². The molecule has 0 aromatic carbocycles. The number of carboxylic acid groups (broad SMARTS) is 1. The van der Waals surface area contributed by atoms with Gasteiger partial charge in [0.1, 0.15) is 11.4 Å². The largest absolute Gasteiger partial charge is 0.480 e. The second-order valence-electron chi connectivity index (χ2n) is 4.81. The highest BCUT2D eigenvalue weighted by Crippen LogP contribution is 2.33. The number of ether oxygens (including phenoxy) is 1. The van der Waals surface area contributed by atoms with E-state index in [2.05, 4.69) is 15.3 Å². The van der Waals surface area contributed by atoms with Crippen molar-refractivity contribution in [1.29, 1.82) is 0 Å². The summed E-state index contributed by atoms with van der Waals surface area (Å²) in [6, 6.07) is 0. The van der Waals surface area contributed by atoms with Gasteiger partial charge in [-0.05, 0) is 19.3 Å². The first-order valence-corrected chi connectivity index (χ1v) is 6.63. The highest BCUT2D eigenvalue weighted by molar-refractivity contribution is 5.82. The maximum absolute atomic E-state index is 11.4. The van der Waals surface area contributed by atoms with E-state index in [9.17, 15) is 9.90 Å². The molecule has 6 nitrogen and oxygen atoms in total. The fraction of sp³-hybridized carbons (Fsp3) is 0.615. The number of rotatable bonds is 6. The number of hydrogen-bond acceptors (Lipinski definition) is 5. The van der Waals surface area contributed by atoms with Crippen molar-refractivity contribution in [2.75, 3.05) is 11.9 Å². The minimum Gasteiger partial charge on any atom is -0.480 e. The molecule has 2 N–H and O–H groups in total. The van der Waals surface area contributed by atoms with Gasteiger partial charge in [0.2, 0.25) is 5.88 Å². The lowest BCUT2D eigenvalue weighted by Crippen LogP contribution is -2.43. The molecule has 0 atom stereocenters. The van der Waals surface area contributed by atoms with E-state index in [1.807, 2.05) is 6.92 Å². The molecule has 0 bridgehead atoms. The summed E-state index contributed by atoms with van der Waals surface area (Å²) < 4.78 is 5.39. The molecule has 1 aliphatic carbocycles. The fourth-order valence-electron chi connectivity index (χ4n) is 2.30. The van der Waals surface area contributed by atoms with Crippen molar-refractivity contribution < 1.29 is 14.6 Å². The molecule has 0 radical (unpaired) electrons. The van der Waals surface area contributed by atoms with Crippen molar-refractivity contribution in [3.63, 3.8) is 0 Å². The lowest BCUT2D eigenvalue weighted by atomic mass is 9.98. The van der Waals surface area contributed by atoms with Gasteiger partial charge in [-0.25, -0.2) is 4.79 Å². The van der Waals surface area contributed by atoms with Gasteiger partial charge in [0.25, 0.3) is 0 Å². The second kappa shape index (κ2) is 5.86. The Labute approximate surface area is 112 Å². The van der Waals surface area contributed by atoms with Crippen molar-refractivity contribution in [3.8, 4) is 5.88 Å². The Kier molecular flexibility index (Phi) is 4.19. The first kappa shape index (κ1) is 13.6. The van der Waals surface area contributed by atoms with Crippen LogP contribution >= 0.6 is 0 Å². The van der Waals surface area contributed by atoms with Crippen LogP contribution in [0.25, 0.3) is 0 Å². The van der Waals surface area contributed by atoms with Crippen molar-refractivity contribution in [3.05, 3.63) is 12.4 Å². The van der Waals surface area contributed by atoms with Crippen LogP contribution in [-0.2, 0) is 4.79 Å². The molecular weight excluding hydrogens is 246 g/mol. The molecule has 0 amide bonds. The molecule has 1 saturated carbocycles. The molecule has 1 fully saturated rings. The summed E-state index contributed by atoms with van der Waals surface area (Å²) in [4.78, 5) is 19.7. The zero-order valence-electron chi connectivity index (χ0n) is 11.1. The molecule has 0 saturated heterocycles. The quantitative estimate of drug-likeness (QED) is 0.819. The number of anilines is 1. The average molecular weight is 265 g/mol. The van der Waals surface area contributed by atoms with E-state index in [-0.39, 0.29) is 0 Å². The minimum atomic E-state index is -0.905. The maximum atomic E-state index is 11.4. The zero-order chi connectivity index (χ0) is 13.7. The predicted molar refractivity (Wildman–Crippen MR) is 70.3 cm³/mol. The van der Waals surface area contributed by atoms with Crippen LogP contribution < -0.4 is 10.1 Å². The van der Waals surface area contributed by atoms with Gasteiger partial charge in [-0.1, -0.05) is 19.8 Å². The number of carbonyl (C=O) groups is 1. The topological polar surface area (TPSA) is 84.3 Å². The van der Waals surface area contributed by atoms with E-state index in [1.54, 1.807) is 0 Å². The van der Waals surface area contributed by atoms with Gasteiger partial charge in [-0.2, -0.15) is 4.98 Å². The van der Waals surface area contributed by atoms with Gasteiger partial charge in [0.15, 0.2) is 0 Å². The Bertz CT molecular complexity index is 445. The summed E-state index contributed by atoms with van der Waals surface area (Å²) in [5.74, 6) is 0.0509. The molecule has 1 aliphatic rings. The van der Waals surface area contributed by atoms with Crippen LogP contribution in [0.3, 0.4) is 0 Å². The van der Waals surface area contributed by atoms with Gasteiger partial charge >= 0.3 is 5.97 Å². The summed E-state index contributed by atoms with van der Waals surface area (Å²) in [7, 11) is 0. The number of carboxylic acids is 1. The third-order valence-corrected chi connectivity index (χ3v) is 3.30. The Hall–Kier alpha value is -1.85. The third-order valence-electron chi connectivity index (χ3n) is 3.30. The SMILES string of the molecule is CCCOc1cncc(NC2(C(=O)O)CCCC2)n1. The molecule has 1 heterocycles. The first-order chi connectivity index (χ1) is 9.16. The molecule has 2 rings (SSSR count). The predicted octanol–water partition coefficient (Wildman–Crippen LogP) is 2.07. The Morgan fingerprint density at radius 2 is 2.21 bits per heavy atom. The molecule has 1 aromatic rings. The smallest absolute Gasteiger partial charge is 0.329 e. The van der Waals surface area contributed by atoms with Gasteiger partial charge < -0.3 is 15.2 Å². The van der Waals surface area contributed by atoms with Gasteiger partial charge in [-0.3, -0.25) is 4.98 Å². The number of nitrogens with one attached hydrogen (secondary N) is 1. The Balaban J connectivity index is 2.11. The maximum Gasteiger partial charge on any atom is 0.329 e. The molecular formula is C13H19N3O3. The monoisotopic (exact) mass is 265 g/mol. The summed E-state index contributed by atoms with van der Waals surface area (Å²) in [5, 5.41) is 12.4. The summed E-state index contributed by atoms with van der Waals surface area (Å²) in [6.45, 7) is 2.58. The van der Waals surface area contributed by atoms with E-state index in [0.29, 0.717) is 31.1 Å². The molecule has 104 valence electrons. The molecule has 0 unspecified atom stereocenters. The van der Waals surface area contributed by atoms with E-state index in [4.69, 9.17) is 4.74 Å². The molecule has 19 heavy (non-hydrogen) atoms. The van der Waals surface area contributed by atoms with Gasteiger partial charge in [0, 0.05) is 0 Å². The lowest BCUT2D eigenvalue weighted by molar-refractivity contribution is -0.142. The Morgan fingerprint density at radius 3 is 2.84 bits per heavy atom. The van der Waals surface area contributed by atoms with E-state index in [1.165, 1.54) is 12.4 Å². The van der Waals surface area contributed by atoms with Crippen molar-refractivity contribution >= 4 is 11.8 Å². The fourth-order valence-corrected chi connectivity index (χ4v) is 2.30. The van der Waals surface area contributed by atoms with E-state index >= 15 is 0 Å². The van der Waals surface area contributed by atoms with E-state index < -0.39 is 11.5 Å². The molecule has 0 spiro atoms. The summed E-state index contributed by atoms with van der Waals surface area (Å²) in [5.41, 5.74) is -0.905. The average Bonchev–Trinajstić information content (AvgIpc) is 2.87. The Morgan fingerprint density at radius 1 is 1.47 bits per heavy atom. The molecule has 6 heteroatoms.